The van der Waals surface area contributed by atoms with Gasteiger partial charge in [-0.15, -0.1) is 0 Å². The fourth-order valence-corrected chi connectivity index (χ4v) is 17.2. The van der Waals surface area contributed by atoms with Gasteiger partial charge in [-0.1, -0.05) is 231 Å². The Labute approximate surface area is 524 Å². The van der Waals surface area contributed by atoms with E-state index in [-0.39, 0.29) is 13.4 Å². The first-order valence-corrected chi connectivity index (χ1v) is 31.8. The number of fused-ring (bicyclic) bond motifs is 20. The van der Waals surface area contributed by atoms with Crippen molar-refractivity contribution in [2.75, 3.05) is 4.90 Å². The van der Waals surface area contributed by atoms with Gasteiger partial charge >= 0.3 is 0 Å². The van der Waals surface area contributed by atoms with Gasteiger partial charge in [0, 0.05) is 88.2 Å². The average molecular weight is 1150 g/mol. The van der Waals surface area contributed by atoms with Crippen molar-refractivity contribution in [1.29, 1.82) is 0 Å². The number of hydrogen-bond acceptors (Lipinski definition) is 1. The van der Waals surface area contributed by atoms with E-state index in [1.807, 2.05) is 0 Å². The molecule has 0 unspecified atom stereocenters. The Bertz CT molecular complexity index is 5980. The predicted octanol–water partition coefficient (Wildman–Crippen LogP) is 16.9. The standard InChI is InChI=1S/C54H34BN3.C30H17BN2/c1-5-17-35(18-6-1)39-26-15-28-45-49(39)51-40(36-19-7-2-8-20-36)31-32-42-54(51)58(45)48-30-16-29-47-52(48)55(42)43-33-34-46(50-41-25-13-14-27-44(41)57(47)53(43)50)56(37-21-9-3-10-22-37)38-23-11-4-12-24-38;1-3-14-24-18(8-1)20-10-5-12-22-29(20)32(24)26-16-7-17-27-28(26)31(22)23-13-6-11-21-19-9-2-4-15-25(19)33(27)30(21)23/h1-34H;1-17H. The Balaban J connectivity index is 0.000000143. The molecule has 0 aliphatic carbocycles. The molecule has 0 fully saturated rings. The molecule has 4 aliphatic rings. The molecule has 7 heteroatoms. The Morgan fingerprint density at radius 1 is 0.231 bits per heavy atom. The van der Waals surface area contributed by atoms with Crippen LogP contribution in [0.3, 0.4) is 0 Å². The third kappa shape index (κ3) is 6.46. The Morgan fingerprint density at radius 3 is 1.12 bits per heavy atom. The minimum atomic E-state index is 0.0331. The van der Waals surface area contributed by atoms with E-state index in [4.69, 9.17) is 0 Å². The van der Waals surface area contributed by atoms with Gasteiger partial charge in [-0.25, -0.2) is 0 Å². The smallest absolute Gasteiger partial charge is 0.252 e. The highest BCUT2D eigenvalue weighted by Gasteiger charge is 2.43. The maximum absolute atomic E-state index is 2.59. The van der Waals surface area contributed by atoms with Gasteiger partial charge in [0.05, 0.1) is 38.8 Å². The predicted molar refractivity (Wildman–Crippen MR) is 385 cm³/mol. The summed E-state index contributed by atoms with van der Waals surface area (Å²) in [7, 11) is 0. The van der Waals surface area contributed by atoms with Crippen molar-refractivity contribution in [3.8, 4) is 45.0 Å². The van der Waals surface area contributed by atoms with E-state index in [9.17, 15) is 0 Å². The lowest BCUT2D eigenvalue weighted by Crippen LogP contribution is -2.59. The zero-order valence-electron chi connectivity index (χ0n) is 49.3. The van der Waals surface area contributed by atoms with Crippen LogP contribution >= 0.6 is 0 Å². The second-order valence-electron chi connectivity index (χ2n) is 24.9. The molecule has 18 aromatic rings. The SMILES string of the molecule is c1cc2c3c(c1)-n1c4ccccc4c4cccc(c41)B3c1cccc3c4ccccc4n-2c13.c1ccc(-c2cccc3c2c2c(-c4ccccc4)ccc4c2n3-c2cccc3c2B4c2ccc(N(c4ccccc4)c4ccccc4)c4c5ccccc5n-3c24)cc1. The van der Waals surface area contributed by atoms with Crippen molar-refractivity contribution in [3.05, 3.63) is 309 Å². The molecular formula is C84H51B2N5. The van der Waals surface area contributed by atoms with Crippen LogP contribution in [0.15, 0.2) is 309 Å². The minimum absolute atomic E-state index is 0.0331. The van der Waals surface area contributed by atoms with Gasteiger partial charge in [-0.2, -0.15) is 0 Å². The van der Waals surface area contributed by atoms with Crippen LogP contribution in [0.2, 0.25) is 0 Å². The average Bonchev–Trinajstić information content (AvgIpc) is 1.58. The summed E-state index contributed by atoms with van der Waals surface area (Å²) in [5.41, 5.74) is 32.1. The van der Waals surface area contributed by atoms with Gasteiger partial charge in [0.15, 0.2) is 0 Å². The van der Waals surface area contributed by atoms with Crippen LogP contribution in [-0.2, 0) is 0 Å². The number of hydrogen-bond donors (Lipinski definition) is 0. The molecule has 4 aliphatic heterocycles. The molecular weight excluding hydrogens is 1100 g/mol. The molecule has 418 valence electrons. The van der Waals surface area contributed by atoms with E-state index in [0.717, 1.165) is 11.4 Å². The first-order chi connectivity index (χ1) is 45.3. The van der Waals surface area contributed by atoms with E-state index < -0.39 is 0 Å². The maximum Gasteiger partial charge on any atom is 0.252 e. The van der Waals surface area contributed by atoms with E-state index >= 15 is 0 Å². The largest absolute Gasteiger partial charge is 0.310 e. The highest BCUT2D eigenvalue weighted by molar-refractivity contribution is 7.01. The van der Waals surface area contributed by atoms with Crippen molar-refractivity contribution in [2.24, 2.45) is 0 Å². The van der Waals surface area contributed by atoms with Crippen molar-refractivity contribution in [2.45, 2.75) is 0 Å². The molecule has 8 heterocycles. The van der Waals surface area contributed by atoms with Gasteiger partial charge in [0.2, 0.25) is 0 Å². The van der Waals surface area contributed by atoms with E-state index in [0.29, 0.717) is 0 Å². The number of nitrogens with zero attached hydrogens (tertiary/aromatic N) is 5. The van der Waals surface area contributed by atoms with Gasteiger partial charge in [-0.05, 0) is 134 Å². The van der Waals surface area contributed by atoms with Crippen LogP contribution in [0, 0.1) is 0 Å². The molecule has 0 saturated carbocycles. The lowest BCUT2D eigenvalue weighted by molar-refractivity contribution is 1.14. The molecule has 5 nitrogen and oxygen atoms in total. The van der Waals surface area contributed by atoms with Gasteiger partial charge in [0.25, 0.3) is 13.4 Å². The van der Waals surface area contributed by atoms with Crippen LogP contribution in [0.5, 0.6) is 0 Å². The molecule has 22 rings (SSSR count). The quantitative estimate of drug-likeness (QED) is 0.158. The van der Waals surface area contributed by atoms with Crippen LogP contribution < -0.4 is 37.7 Å². The summed E-state index contributed by atoms with van der Waals surface area (Å²) in [6, 6.07) is 114. The molecule has 0 N–H and O–H groups in total. The summed E-state index contributed by atoms with van der Waals surface area (Å²) >= 11 is 0. The number of anilines is 3. The van der Waals surface area contributed by atoms with E-state index in [2.05, 4.69) is 333 Å². The summed E-state index contributed by atoms with van der Waals surface area (Å²) in [5, 5.41) is 10.5. The molecule has 14 aromatic carbocycles. The summed E-state index contributed by atoms with van der Waals surface area (Å²) in [5.74, 6) is 0. The highest BCUT2D eigenvalue weighted by Crippen LogP contribution is 2.48. The van der Waals surface area contributed by atoms with Crippen LogP contribution in [0.25, 0.3) is 132 Å². The Morgan fingerprint density at radius 2 is 0.593 bits per heavy atom. The molecule has 0 saturated heterocycles. The van der Waals surface area contributed by atoms with E-state index in [1.165, 1.54) is 171 Å². The lowest BCUT2D eigenvalue weighted by atomic mass is 9.34. The van der Waals surface area contributed by atoms with Crippen molar-refractivity contribution in [3.63, 3.8) is 0 Å². The molecule has 0 radical (unpaired) electrons. The monoisotopic (exact) mass is 1150 g/mol. The maximum atomic E-state index is 2.59. The number of benzene rings is 14. The van der Waals surface area contributed by atoms with Crippen LogP contribution in [0.1, 0.15) is 0 Å². The zero-order chi connectivity index (χ0) is 59.2. The number of para-hydroxylation sites is 7. The zero-order valence-corrected chi connectivity index (χ0v) is 49.3. The van der Waals surface area contributed by atoms with Crippen LogP contribution in [-0.4, -0.2) is 31.7 Å². The third-order valence-corrected chi connectivity index (χ3v) is 20.6. The third-order valence-electron chi connectivity index (χ3n) is 20.6. The lowest BCUT2D eigenvalue weighted by Gasteiger charge is -2.34. The Kier molecular flexibility index (Phi) is 9.95. The fraction of sp³-hybridized carbons (Fsp3) is 0. The Hall–Kier alpha value is -11.8. The topological polar surface area (TPSA) is 23.0 Å². The van der Waals surface area contributed by atoms with Crippen LogP contribution in [0.4, 0.5) is 17.1 Å². The molecule has 0 spiro atoms. The van der Waals surface area contributed by atoms with Gasteiger partial charge < -0.3 is 23.2 Å². The summed E-state index contributed by atoms with van der Waals surface area (Å²) < 4.78 is 10.2. The first-order valence-electron chi connectivity index (χ1n) is 31.8. The fourth-order valence-electron chi connectivity index (χ4n) is 17.2. The van der Waals surface area contributed by atoms with Gasteiger partial charge in [0.1, 0.15) is 0 Å². The minimum Gasteiger partial charge on any atom is -0.310 e. The summed E-state index contributed by atoms with van der Waals surface area (Å²) in [4.78, 5) is 2.43. The summed E-state index contributed by atoms with van der Waals surface area (Å²) in [6.07, 6.45) is 0. The molecule has 91 heavy (non-hydrogen) atoms. The summed E-state index contributed by atoms with van der Waals surface area (Å²) in [6.45, 7) is 0.267. The first kappa shape index (κ1) is 49.2. The van der Waals surface area contributed by atoms with Gasteiger partial charge in [-0.3, -0.25) is 0 Å². The number of rotatable bonds is 5. The molecule has 0 bridgehead atoms. The van der Waals surface area contributed by atoms with E-state index in [1.54, 1.807) is 0 Å². The molecule has 4 aromatic heterocycles. The molecule has 0 atom stereocenters. The highest BCUT2D eigenvalue weighted by atomic mass is 15.1. The van der Waals surface area contributed by atoms with Crippen molar-refractivity contribution in [1.82, 2.24) is 18.3 Å². The van der Waals surface area contributed by atoms with Crippen molar-refractivity contribution >= 4 is 150 Å². The second kappa shape index (κ2) is 18.4. The number of aromatic nitrogens is 4. The normalized spacial score (nSPS) is 12.8. The second-order valence-corrected chi connectivity index (χ2v) is 24.9. The van der Waals surface area contributed by atoms with Crippen molar-refractivity contribution < 1.29 is 0 Å². The molecule has 0 amide bonds.